The lowest BCUT2D eigenvalue weighted by Crippen LogP contribution is -2.25. The third kappa shape index (κ3) is 3.13. The van der Waals surface area contributed by atoms with E-state index in [9.17, 15) is 9.90 Å². The molecule has 0 radical (unpaired) electrons. The molecule has 1 aromatic heterocycles. The Hall–Kier alpha value is -2.14. The lowest BCUT2D eigenvalue weighted by molar-refractivity contribution is 0.0698. The van der Waals surface area contributed by atoms with E-state index >= 15 is 0 Å². The fraction of sp³-hybridized carbons (Fsp3) is 0.375. The summed E-state index contributed by atoms with van der Waals surface area (Å²) in [5.41, 5.74) is 0.880. The van der Waals surface area contributed by atoms with Crippen molar-refractivity contribution in [2.24, 2.45) is 0 Å². The number of carboxylic acid groups (broad SMARTS) is 1. The molecule has 0 spiro atoms. The van der Waals surface area contributed by atoms with Crippen molar-refractivity contribution in [1.82, 2.24) is 9.88 Å². The molecular weight excluding hydrogens is 268 g/mol. The van der Waals surface area contributed by atoms with Crippen LogP contribution >= 0.6 is 0 Å². The molecule has 1 aliphatic rings. The highest BCUT2D eigenvalue weighted by Gasteiger charge is 2.14. The number of para-hydroxylation sites is 1. The van der Waals surface area contributed by atoms with E-state index in [1.165, 1.54) is 18.9 Å². The number of benzene rings is 1. The first-order chi connectivity index (χ1) is 10.2. The van der Waals surface area contributed by atoms with Gasteiger partial charge in [-0.2, -0.15) is 0 Å². The molecule has 1 aliphatic heterocycles. The van der Waals surface area contributed by atoms with Gasteiger partial charge in [0.1, 0.15) is 6.61 Å². The highest BCUT2D eigenvalue weighted by Crippen LogP contribution is 2.22. The third-order valence-corrected chi connectivity index (χ3v) is 3.78. The Kier molecular flexibility index (Phi) is 4.01. The molecule has 3 rings (SSSR count). The number of pyridine rings is 1. The van der Waals surface area contributed by atoms with Gasteiger partial charge in [-0.05, 0) is 32.0 Å². The molecule has 2 aromatic rings. The molecule has 21 heavy (non-hydrogen) atoms. The second-order valence-electron chi connectivity index (χ2n) is 5.23. The van der Waals surface area contributed by atoms with E-state index in [-0.39, 0.29) is 5.56 Å². The molecule has 110 valence electrons. The van der Waals surface area contributed by atoms with Gasteiger partial charge in [-0.15, -0.1) is 0 Å². The molecular formula is C16H18N2O3. The summed E-state index contributed by atoms with van der Waals surface area (Å²) >= 11 is 0. The maximum absolute atomic E-state index is 11.4. The van der Waals surface area contributed by atoms with Crippen LogP contribution in [0.5, 0.6) is 5.88 Å². The minimum Gasteiger partial charge on any atom is -0.478 e. The van der Waals surface area contributed by atoms with Gasteiger partial charge in [0, 0.05) is 18.0 Å². The van der Waals surface area contributed by atoms with Crippen LogP contribution in [-0.4, -0.2) is 47.2 Å². The Balaban J connectivity index is 1.76. The predicted molar refractivity (Wildman–Crippen MR) is 79.9 cm³/mol. The first kappa shape index (κ1) is 13.8. The summed E-state index contributed by atoms with van der Waals surface area (Å²) in [7, 11) is 0. The summed E-state index contributed by atoms with van der Waals surface area (Å²) in [4.78, 5) is 18.1. The van der Waals surface area contributed by atoms with Gasteiger partial charge in [0.15, 0.2) is 0 Å². The molecule has 1 saturated heterocycles. The Bertz CT molecular complexity index is 651. The van der Waals surface area contributed by atoms with Crippen molar-refractivity contribution in [3.8, 4) is 5.88 Å². The second kappa shape index (κ2) is 6.10. The van der Waals surface area contributed by atoms with E-state index in [4.69, 9.17) is 4.74 Å². The number of ether oxygens (including phenoxy) is 1. The molecule has 0 bridgehead atoms. The molecule has 5 nitrogen and oxygen atoms in total. The smallest absolute Gasteiger partial charge is 0.336 e. The molecule has 1 aromatic carbocycles. The number of aromatic nitrogens is 1. The van der Waals surface area contributed by atoms with E-state index in [0.29, 0.717) is 23.4 Å². The molecule has 2 heterocycles. The van der Waals surface area contributed by atoms with Gasteiger partial charge in [0.2, 0.25) is 5.88 Å². The molecule has 5 heteroatoms. The van der Waals surface area contributed by atoms with Crippen LogP contribution in [0.1, 0.15) is 23.2 Å². The van der Waals surface area contributed by atoms with Crippen LogP contribution < -0.4 is 4.74 Å². The summed E-state index contributed by atoms with van der Waals surface area (Å²) in [5, 5.41) is 9.95. The van der Waals surface area contributed by atoms with Crippen LogP contribution in [-0.2, 0) is 0 Å². The number of fused-ring (bicyclic) bond motifs is 1. The quantitative estimate of drug-likeness (QED) is 0.914. The maximum Gasteiger partial charge on any atom is 0.336 e. The van der Waals surface area contributed by atoms with Gasteiger partial charge in [-0.1, -0.05) is 18.2 Å². The van der Waals surface area contributed by atoms with Crippen molar-refractivity contribution in [2.45, 2.75) is 12.8 Å². The van der Waals surface area contributed by atoms with Gasteiger partial charge < -0.3 is 9.84 Å². The predicted octanol–water partition coefficient (Wildman–Crippen LogP) is 2.41. The SMILES string of the molecule is O=C(O)c1cc(OCCN2CCCC2)nc2ccccc12. The fourth-order valence-corrected chi connectivity index (χ4v) is 2.69. The van der Waals surface area contributed by atoms with Gasteiger partial charge >= 0.3 is 5.97 Å². The van der Waals surface area contributed by atoms with E-state index in [2.05, 4.69) is 9.88 Å². The zero-order chi connectivity index (χ0) is 14.7. The minimum atomic E-state index is -0.960. The van der Waals surface area contributed by atoms with E-state index in [1.807, 2.05) is 12.1 Å². The summed E-state index contributed by atoms with van der Waals surface area (Å²) in [5.74, 6) is -0.580. The zero-order valence-corrected chi connectivity index (χ0v) is 11.8. The summed E-state index contributed by atoms with van der Waals surface area (Å²) < 4.78 is 5.65. The molecule has 0 aliphatic carbocycles. The fourth-order valence-electron chi connectivity index (χ4n) is 2.69. The number of aromatic carboxylic acids is 1. The van der Waals surface area contributed by atoms with Crippen molar-refractivity contribution in [3.63, 3.8) is 0 Å². The van der Waals surface area contributed by atoms with Crippen molar-refractivity contribution in [2.75, 3.05) is 26.2 Å². The van der Waals surface area contributed by atoms with Crippen LogP contribution in [0.4, 0.5) is 0 Å². The third-order valence-electron chi connectivity index (χ3n) is 3.78. The van der Waals surface area contributed by atoms with Crippen LogP contribution in [0, 0.1) is 0 Å². The number of carboxylic acids is 1. The van der Waals surface area contributed by atoms with Crippen LogP contribution in [0.25, 0.3) is 10.9 Å². The number of hydrogen-bond acceptors (Lipinski definition) is 4. The number of likely N-dealkylation sites (tertiary alicyclic amines) is 1. The summed E-state index contributed by atoms with van der Waals surface area (Å²) in [6.07, 6.45) is 2.49. The average molecular weight is 286 g/mol. The number of carbonyl (C=O) groups is 1. The molecule has 1 N–H and O–H groups in total. The van der Waals surface area contributed by atoms with Crippen molar-refractivity contribution in [1.29, 1.82) is 0 Å². The first-order valence-corrected chi connectivity index (χ1v) is 7.22. The van der Waals surface area contributed by atoms with Gasteiger partial charge in [-0.25, -0.2) is 9.78 Å². The first-order valence-electron chi connectivity index (χ1n) is 7.22. The minimum absolute atomic E-state index is 0.233. The Morgan fingerprint density at radius 2 is 2.05 bits per heavy atom. The van der Waals surface area contributed by atoms with E-state index in [1.54, 1.807) is 12.1 Å². The average Bonchev–Trinajstić information content (AvgIpc) is 2.99. The lowest BCUT2D eigenvalue weighted by atomic mass is 10.1. The van der Waals surface area contributed by atoms with Crippen LogP contribution in [0.3, 0.4) is 0 Å². The van der Waals surface area contributed by atoms with Crippen molar-refractivity contribution in [3.05, 3.63) is 35.9 Å². The van der Waals surface area contributed by atoms with Gasteiger partial charge in [-0.3, -0.25) is 4.90 Å². The van der Waals surface area contributed by atoms with Crippen LogP contribution in [0.15, 0.2) is 30.3 Å². The number of rotatable bonds is 5. The molecule has 0 saturated carbocycles. The molecule has 1 fully saturated rings. The molecule has 0 atom stereocenters. The summed E-state index contributed by atoms with van der Waals surface area (Å²) in [6.45, 7) is 3.63. The Morgan fingerprint density at radius 3 is 2.81 bits per heavy atom. The topological polar surface area (TPSA) is 62.7 Å². The Labute approximate surface area is 123 Å². The number of hydrogen-bond donors (Lipinski definition) is 1. The van der Waals surface area contributed by atoms with Crippen LogP contribution in [0.2, 0.25) is 0 Å². The highest BCUT2D eigenvalue weighted by molar-refractivity contribution is 6.02. The van der Waals surface area contributed by atoms with Gasteiger partial charge in [0.25, 0.3) is 0 Å². The standard InChI is InChI=1S/C16H18N2O3/c19-16(20)13-11-15(17-14-6-2-1-5-12(13)14)21-10-9-18-7-3-4-8-18/h1-2,5-6,11H,3-4,7-10H2,(H,19,20). The highest BCUT2D eigenvalue weighted by atomic mass is 16.5. The van der Waals surface area contributed by atoms with Crippen molar-refractivity contribution < 1.29 is 14.6 Å². The summed E-state index contributed by atoms with van der Waals surface area (Å²) in [6, 6.07) is 8.73. The van der Waals surface area contributed by atoms with Crippen molar-refractivity contribution >= 4 is 16.9 Å². The lowest BCUT2D eigenvalue weighted by Gasteiger charge is -2.15. The number of nitrogens with zero attached hydrogens (tertiary/aromatic N) is 2. The maximum atomic E-state index is 11.4. The zero-order valence-electron chi connectivity index (χ0n) is 11.8. The Morgan fingerprint density at radius 1 is 1.29 bits per heavy atom. The monoisotopic (exact) mass is 286 g/mol. The molecule has 0 amide bonds. The van der Waals surface area contributed by atoms with Gasteiger partial charge in [0.05, 0.1) is 11.1 Å². The molecule has 0 unspecified atom stereocenters. The van der Waals surface area contributed by atoms with E-state index < -0.39 is 5.97 Å². The normalized spacial score (nSPS) is 15.4. The second-order valence-corrected chi connectivity index (χ2v) is 5.23. The van der Waals surface area contributed by atoms with E-state index in [0.717, 1.165) is 19.6 Å². The largest absolute Gasteiger partial charge is 0.478 e.